The predicted molar refractivity (Wildman–Crippen MR) is 63.4 cm³/mol. The van der Waals surface area contributed by atoms with Gasteiger partial charge in [-0.2, -0.15) is 0 Å². The Labute approximate surface area is 92.8 Å². The zero-order valence-corrected chi connectivity index (χ0v) is 10.8. The van der Waals surface area contributed by atoms with Gasteiger partial charge >= 0.3 is 0 Å². The van der Waals surface area contributed by atoms with Crippen molar-refractivity contribution in [2.75, 3.05) is 14.1 Å². The summed E-state index contributed by atoms with van der Waals surface area (Å²) in [7, 11) is -0.215. The fourth-order valence-corrected chi connectivity index (χ4v) is 2.16. The summed E-state index contributed by atoms with van der Waals surface area (Å²) >= 11 is 0. The molecule has 1 rings (SSSR count). The fourth-order valence-electron chi connectivity index (χ4n) is 1.04. The molecule has 86 valence electrons. The summed E-state index contributed by atoms with van der Waals surface area (Å²) in [4.78, 5) is 0.375. The largest absolute Gasteiger partial charge is 0.242 e. The summed E-state index contributed by atoms with van der Waals surface area (Å²) in [5.41, 5.74) is 0.774. The van der Waals surface area contributed by atoms with E-state index in [9.17, 15) is 8.42 Å². The summed E-state index contributed by atoms with van der Waals surface area (Å²) < 4.78 is 24.6. The van der Waals surface area contributed by atoms with Gasteiger partial charge in [0.1, 0.15) is 0 Å². The van der Waals surface area contributed by atoms with Crippen molar-refractivity contribution in [3.8, 4) is 0 Å². The van der Waals surface area contributed by atoms with Crippen molar-refractivity contribution in [2.24, 2.45) is 0 Å². The Balaban J connectivity index is 0.000000921. The number of sulfonamides is 1. The second kappa shape index (κ2) is 5.88. The van der Waals surface area contributed by atoms with Crippen molar-refractivity contribution in [3.05, 3.63) is 29.8 Å². The van der Waals surface area contributed by atoms with E-state index < -0.39 is 10.0 Å². The molecule has 0 aromatic heterocycles. The number of hydrogen-bond donors (Lipinski definition) is 0. The van der Waals surface area contributed by atoms with Gasteiger partial charge in [-0.25, -0.2) is 12.7 Å². The van der Waals surface area contributed by atoms with Crippen LogP contribution in [0, 0.1) is 6.92 Å². The van der Waals surface area contributed by atoms with Crippen molar-refractivity contribution in [1.29, 1.82) is 0 Å². The minimum absolute atomic E-state index is 0.375. The van der Waals surface area contributed by atoms with Gasteiger partial charge in [0.25, 0.3) is 0 Å². The Morgan fingerprint density at radius 1 is 1.07 bits per heavy atom. The SMILES string of the molecule is CC.Cc1ccccc1S(=O)(=O)N(C)C. The summed E-state index contributed by atoms with van der Waals surface area (Å²) in [5.74, 6) is 0. The van der Waals surface area contributed by atoms with Crippen LogP contribution in [0.2, 0.25) is 0 Å². The van der Waals surface area contributed by atoms with Gasteiger partial charge in [0.2, 0.25) is 10.0 Å². The molecule has 0 saturated carbocycles. The first-order valence-electron chi connectivity index (χ1n) is 4.94. The smallest absolute Gasteiger partial charge is 0.207 e. The predicted octanol–water partition coefficient (Wildman–Crippen LogP) is 2.27. The molecule has 0 saturated heterocycles. The van der Waals surface area contributed by atoms with Crippen molar-refractivity contribution in [1.82, 2.24) is 4.31 Å². The van der Waals surface area contributed by atoms with E-state index in [1.807, 2.05) is 19.9 Å². The minimum atomic E-state index is -3.27. The lowest BCUT2D eigenvalue weighted by molar-refractivity contribution is 0.520. The van der Waals surface area contributed by atoms with E-state index >= 15 is 0 Å². The van der Waals surface area contributed by atoms with Crippen LogP contribution in [0.1, 0.15) is 19.4 Å². The Hall–Kier alpha value is -0.870. The lowest BCUT2D eigenvalue weighted by atomic mass is 10.2. The first-order valence-corrected chi connectivity index (χ1v) is 6.38. The highest BCUT2D eigenvalue weighted by Crippen LogP contribution is 2.16. The summed E-state index contributed by atoms with van der Waals surface area (Å²) in [5, 5.41) is 0. The third kappa shape index (κ3) is 3.32. The normalized spacial score (nSPS) is 10.8. The average Bonchev–Trinajstić information content (AvgIpc) is 2.21. The lowest BCUT2D eigenvalue weighted by Gasteiger charge is -2.12. The quantitative estimate of drug-likeness (QED) is 0.780. The van der Waals surface area contributed by atoms with Crippen LogP contribution >= 0.6 is 0 Å². The molecule has 0 atom stereocenters. The molecule has 0 heterocycles. The second-order valence-electron chi connectivity index (χ2n) is 3.05. The molecule has 1 aromatic carbocycles. The van der Waals surface area contributed by atoms with Crippen LogP contribution in [0.5, 0.6) is 0 Å². The molecule has 0 spiro atoms. The van der Waals surface area contributed by atoms with E-state index in [0.717, 1.165) is 5.56 Å². The standard InChI is InChI=1S/C9H13NO2S.C2H6/c1-8-6-4-5-7-9(8)13(11,12)10(2)3;1-2/h4-7H,1-3H3;1-2H3. The Morgan fingerprint density at radius 3 is 1.93 bits per heavy atom. The Kier molecular flexibility index (Phi) is 5.54. The first kappa shape index (κ1) is 14.1. The van der Waals surface area contributed by atoms with E-state index in [1.165, 1.54) is 18.4 Å². The third-order valence-corrected chi connectivity index (χ3v) is 3.83. The molecule has 3 nitrogen and oxygen atoms in total. The van der Waals surface area contributed by atoms with Crippen molar-refractivity contribution < 1.29 is 8.42 Å². The molecule has 0 aliphatic heterocycles. The van der Waals surface area contributed by atoms with Crippen LogP contribution in [0.15, 0.2) is 29.2 Å². The van der Waals surface area contributed by atoms with Gasteiger partial charge in [-0.3, -0.25) is 0 Å². The number of rotatable bonds is 2. The number of nitrogens with zero attached hydrogens (tertiary/aromatic N) is 1. The number of benzene rings is 1. The van der Waals surface area contributed by atoms with Gasteiger partial charge in [0, 0.05) is 14.1 Å². The summed E-state index contributed by atoms with van der Waals surface area (Å²) in [6.45, 7) is 5.79. The van der Waals surface area contributed by atoms with Crippen molar-refractivity contribution in [3.63, 3.8) is 0 Å². The molecule has 0 amide bonds. The maximum absolute atomic E-state index is 11.7. The zero-order valence-electron chi connectivity index (χ0n) is 9.98. The topological polar surface area (TPSA) is 37.4 Å². The van der Waals surface area contributed by atoms with Gasteiger partial charge in [-0.05, 0) is 18.6 Å². The van der Waals surface area contributed by atoms with Crippen LogP contribution in [-0.4, -0.2) is 26.8 Å². The minimum Gasteiger partial charge on any atom is -0.207 e. The van der Waals surface area contributed by atoms with Crippen LogP contribution in [-0.2, 0) is 10.0 Å². The van der Waals surface area contributed by atoms with Gasteiger partial charge < -0.3 is 0 Å². The zero-order chi connectivity index (χ0) is 12.1. The molecule has 0 bridgehead atoms. The van der Waals surface area contributed by atoms with Crippen LogP contribution in [0.4, 0.5) is 0 Å². The van der Waals surface area contributed by atoms with Gasteiger partial charge in [-0.15, -0.1) is 0 Å². The van der Waals surface area contributed by atoms with Crippen molar-refractivity contribution in [2.45, 2.75) is 25.7 Å². The first-order chi connectivity index (χ1) is 6.96. The van der Waals surface area contributed by atoms with Crippen LogP contribution in [0.3, 0.4) is 0 Å². The Bertz CT molecular complexity index is 397. The highest BCUT2D eigenvalue weighted by Gasteiger charge is 2.18. The molecule has 1 aromatic rings. The van der Waals surface area contributed by atoms with E-state index in [0.29, 0.717) is 4.90 Å². The van der Waals surface area contributed by atoms with Gasteiger partial charge in [-0.1, -0.05) is 32.0 Å². The highest BCUT2D eigenvalue weighted by atomic mass is 32.2. The van der Waals surface area contributed by atoms with E-state index in [4.69, 9.17) is 0 Å². The van der Waals surface area contributed by atoms with Crippen LogP contribution in [0.25, 0.3) is 0 Å². The number of aryl methyl sites for hydroxylation is 1. The molecular weight excluding hydrogens is 210 g/mol. The molecule has 0 unspecified atom stereocenters. The van der Waals surface area contributed by atoms with E-state index in [-0.39, 0.29) is 0 Å². The molecular formula is C11H19NO2S. The average molecular weight is 229 g/mol. The highest BCUT2D eigenvalue weighted by molar-refractivity contribution is 7.89. The second-order valence-corrected chi connectivity index (χ2v) is 5.17. The van der Waals surface area contributed by atoms with Gasteiger partial charge in [0.15, 0.2) is 0 Å². The fraction of sp³-hybridized carbons (Fsp3) is 0.455. The maximum Gasteiger partial charge on any atom is 0.242 e. The molecule has 15 heavy (non-hydrogen) atoms. The maximum atomic E-state index is 11.7. The Morgan fingerprint density at radius 2 is 1.53 bits per heavy atom. The third-order valence-electron chi connectivity index (χ3n) is 1.85. The van der Waals surface area contributed by atoms with Gasteiger partial charge in [0.05, 0.1) is 4.90 Å². The summed E-state index contributed by atoms with van der Waals surface area (Å²) in [6, 6.07) is 6.95. The molecule has 4 heteroatoms. The van der Waals surface area contributed by atoms with Crippen molar-refractivity contribution >= 4 is 10.0 Å². The van der Waals surface area contributed by atoms with Crippen LogP contribution < -0.4 is 0 Å². The van der Waals surface area contributed by atoms with E-state index in [2.05, 4.69) is 0 Å². The van der Waals surface area contributed by atoms with E-state index in [1.54, 1.807) is 25.1 Å². The molecule has 0 aliphatic rings. The summed E-state index contributed by atoms with van der Waals surface area (Å²) in [6.07, 6.45) is 0. The monoisotopic (exact) mass is 229 g/mol. The molecule has 0 radical (unpaired) electrons. The molecule has 0 fully saturated rings. The molecule has 0 N–H and O–H groups in total. The molecule has 0 aliphatic carbocycles. The lowest BCUT2D eigenvalue weighted by Crippen LogP contribution is -2.22. The number of hydrogen-bond acceptors (Lipinski definition) is 2.